The number of ether oxygens (including phenoxy) is 1. The molecule has 45 heavy (non-hydrogen) atoms. The fourth-order valence-corrected chi connectivity index (χ4v) is 6.44. The van der Waals surface area contributed by atoms with Gasteiger partial charge in [-0.2, -0.15) is 13.2 Å². The largest absolute Gasteiger partial charge is 0.419 e. The summed E-state index contributed by atoms with van der Waals surface area (Å²) in [6.45, 7) is 0.382. The highest BCUT2D eigenvalue weighted by Gasteiger charge is 2.67. The molecule has 0 radical (unpaired) electrons. The van der Waals surface area contributed by atoms with Crippen molar-refractivity contribution >= 4 is 58.0 Å². The smallest absolute Gasteiger partial charge is 0.370 e. The second-order valence-electron chi connectivity index (χ2n) is 10.8. The number of anilines is 1. The van der Waals surface area contributed by atoms with Crippen LogP contribution in [0.15, 0.2) is 48.5 Å². The molecule has 3 aromatic rings. The predicted molar refractivity (Wildman–Crippen MR) is 154 cm³/mol. The maximum absolute atomic E-state index is 15.3. The van der Waals surface area contributed by atoms with Gasteiger partial charge < -0.3 is 10.1 Å². The van der Waals surface area contributed by atoms with Crippen molar-refractivity contribution in [3.63, 3.8) is 0 Å². The Labute approximate surface area is 267 Å². The highest BCUT2D eigenvalue weighted by molar-refractivity contribution is 6.53. The third-order valence-corrected chi connectivity index (χ3v) is 9.05. The highest BCUT2D eigenvalue weighted by atomic mass is 35.5. The summed E-state index contributed by atoms with van der Waals surface area (Å²) in [4.78, 5) is 38.7. The van der Waals surface area contributed by atoms with Crippen LogP contribution in [0.1, 0.15) is 51.4 Å². The molecule has 238 valence electrons. The summed E-state index contributed by atoms with van der Waals surface area (Å²) in [6, 6.07) is 8.07. The molecule has 0 bridgehead atoms. The quantitative estimate of drug-likeness (QED) is 0.140. The second-order valence-corrected chi connectivity index (χ2v) is 12.6. The molecule has 5 nitrogen and oxygen atoms in total. The van der Waals surface area contributed by atoms with Crippen LogP contribution in [0.2, 0.25) is 5.02 Å². The first-order chi connectivity index (χ1) is 21.1. The Morgan fingerprint density at radius 1 is 0.956 bits per heavy atom. The normalized spacial score (nSPS) is 20.6. The van der Waals surface area contributed by atoms with Gasteiger partial charge in [-0.3, -0.25) is 14.4 Å². The third-order valence-electron chi connectivity index (χ3n) is 7.78. The van der Waals surface area contributed by atoms with E-state index in [1.807, 2.05) is 0 Å². The van der Waals surface area contributed by atoms with Gasteiger partial charge in [0, 0.05) is 42.2 Å². The Morgan fingerprint density at radius 2 is 1.67 bits per heavy atom. The van der Waals surface area contributed by atoms with E-state index in [0.29, 0.717) is 31.6 Å². The maximum Gasteiger partial charge on any atom is 0.419 e. The topological polar surface area (TPSA) is 72.5 Å². The van der Waals surface area contributed by atoms with Crippen LogP contribution in [0, 0.1) is 23.4 Å². The summed E-state index contributed by atoms with van der Waals surface area (Å²) in [6.07, 6.45) is -5.73. The number of halogens is 9. The molecule has 1 saturated carbocycles. The van der Waals surface area contributed by atoms with E-state index in [0.717, 1.165) is 18.2 Å². The van der Waals surface area contributed by atoms with Crippen LogP contribution in [-0.2, 0) is 33.3 Å². The zero-order valence-corrected chi connectivity index (χ0v) is 25.2. The van der Waals surface area contributed by atoms with Crippen molar-refractivity contribution in [3.8, 4) is 0 Å². The van der Waals surface area contributed by atoms with Crippen molar-refractivity contribution in [1.29, 1.82) is 0 Å². The summed E-state index contributed by atoms with van der Waals surface area (Å²) in [5.41, 5.74) is -2.39. The fourth-order valence-electron chi connectivity index (χ4n) is 5.39. The van der Waals surface area contributed by atoms with Gasteiger partial charge in [-0.1, -0.05) is 23.7 Å². The molecule has 1 amide bonds. The van der Waals surface area contributed by atoms with Crippen molar-refractivity contribution in [2.75, 3.05) is 11.9 Å². The summed E-state index contributed by atoms with van der Waals surface area (Å²) < 4.78 is 86.6. The minimum Gasteiger partial charge on any atom is -0.370 e. The number of Topliss-reactive ketones (excluding diaryl/α,β-unsaturated/α-hetero) is 2. The van der Waals surface area contributed by atoms with E-state index in [4.69, 9.17) is 39.5 Å². The van der Waals surface area contributed by atoms with Crippen LogP contribution in [0.5, 0.6) is 0 Å². The van der Waals surface area contributed by atoms with E-state index in [-0.39, 0.29) is 27.4 Å². The Kier molecular flexibility index (Phi) is 9.30. The van der Waals surface area contributed by atoms with Gasteiger partial charge in [-0.25, -0.2) is 13.2 Å². The first kappa shape index (κ1) is 33.2. The van der Waals surface area contributed by atoms with E-state index in [2.05, 4.69) is 5.32 Å². The lowest BCUT2D eigenvalue weighted by Crippen LogP contribution is -2.23. The van der Waals surface area contributed by atoms with Crippen molar-refractivity contribution in [1.82, 2.24) is 0 Å². The molecular formula is C31H22Cl3F6NO4. The molecule has 1 aliphatic heterocycles. The number of carbonyl (C=O) groups excluding carboxylic acids is 3. The fraction of sp³-hybridized carbons (Fsp3) is 0.323. The SMILES string of the molecule is O=C(Cc1ccc(F)c(CC(=O)[C@H]2CCCO2)c1F)c1cc(NC(=O)[C@H]2[C@H](c3ccc(F)c(C(F)(F)F)c3)C2(Cl)Cl)ccc1Cl. The van der Waals surface area contributed by atoms with Gasteiger partial charge in [0.15, 0.2) is 11.6 Å². The summed E-state index contributed by atoms with van der Waals surface area (Å²) in [5, 5.41) is 2.44. The van der Waals surface area contributed by atoms with Crippen molar-refractivity contribution in [2.45, 2.75) is 48.2 Å². The average Bonchev–Trinajstić information content (AvgIpc) is 3.27. The molecule has 1 N–H and O–H groups in total. The lowest BCUT2D eigenvalue weighted by Gasteiger charge is -2.13. The predicted octanol–water partition coefficient (Wildman–Crippen LogP) is 8.02. The number of nitrogens with one attached hydrogen (secondary N) is 1. The van der Waals surface area contributed by atoms with Crippen LogP contribution < -0.4 is 5.32 Å². The lowest BCUT2D eigenvalue weighted by molar-refractivity contribution is -0.140. The minimum absolute atomic E-state index is 0.0417. The number of hydrogen-bond acceptors (Lipinski definition) is 4. The van der Waals surface area contributed by atoms with Gasteiger partial charge in [0.05, 0.1) is 16.5 Å². The van der Waals surface area contributed by atoms with Crippen molar-refractivity contribution in [2.24, 2.45) is 5.92 Å². The summed E-state index contributed by atoms with van der Waals surface area (Å²) in [7, 11) is 0. The van der Waals surface area contributed by atoms with Gasteiger partial charge in [-0.05, 0) is 60.4 Å². The Bertz CT molecular complexity index is 1690. The van der Waals surface area contributed by atoms with Gasteiger partial charge in [0.1, 0.15) is 27.9 Å². The first-order valence-electron chi connectivity index (χ1n) is 13.6. The Morgan fingerprint density at radius 3 is 2.33 bits per heavy atom. The Balaban J connectivity index is 1.31. The molecule has 1 heterocycles. The number of alkyl halides is 5. The van der Waals surface area contributed by atoms with E-state index in [1.165, 1.54) is 18.2 Å². The molecule has 3 aromatic carbocycles. The maximum atomic E-state index is 15.3. The molecule has 0 unspecified atom stereocenters. The van der Waals surface area contributed by atoms with Crippen molar-refractivity contribution in [3.05, 3.63) is 98.8 Å². The van der Waals surface area contributed by atoms with Gasteiger partial charge in [0.2, 0.25) is 5.91 Å². The third kappa shape index (κ3) is 6.86. The van der Waals surface area contributed by atoms with E-state index in [9.17, 15) is 36.3 Å². The van der Waals surface area contributed by atoms with Crippen LogP contribution in [0.4, 0.5) is 32.0 Å². The van der Waals surface area contributed by atoms with E-state index >= 15 is 4.39 Å². The molecule has 0 spiro atoms. The number of ketones is 2. The van der Waals surface area contributed by atoms with Crippen LogP contribution in [-0.4, -0.2) is 34.5 Å². The van der Waals surface area contributed by atoms with Gasteiger partial charge in [-0.15, -0.1) is 23.2 Å². The van der Waals surface area contributed by atoms with Crippen LogP contribution >= 0.6 is 34.8 Å². The number of amides is 1. The molecule has 2 aliphatic rings. The number of hydrogen-bond donors (Lipinski definition) is 1. The highest BCUT2D eigenvalue weighted by Crippen LogP contribution is 2.65. The molecule has 1 aliphatic carbocycles. The number of benzene rings is 3. The van der Waals surface area contributed by atoms with Gasteiger partial charge >= 0.3 is 6.18 Å². The first-order valence-corrected chi connectivity index (χ1v) is 14.7. The summed E-state index contributed by atoms with van der Waals surface area (Å²) >= 11 is 18.7. The number of rotatable bonds is 9. The average molecular weight is 693 g/mol. The van der Waals surface area contributed by atoms with Crippen LogP contribution in [0.25, 0.3) is 0 Å². The van der Waals surface area contributed by atoms with E-state index in [1.54, 1.807) is 0 Å². The van der Waals surface area contributed by atoms with Gasteiger partial charge in [0.25, 0.3) is 0 Å². The van der Waals surface area contributed by atoms with Crippen molar-refractivity contribution < 1.29 is 45.5 Å². The monoisotopic (exact) mass is 691 g/mol. The molecule has 5 rings (SSSR count). The Hall–Kier alpha value is -3.12. The molecular weight excluding hydrogens is 671 g/mol. The minimum atomic E-state index is -4.99. The zero-order valence-electron chi connectivity index (χ0n) is 22.9. The summed E-state index contributed by atoms with van der Waals surface area (Å²) in [5.74, 6) is -7.79. The molecule has 2 fully saturated rings. The van der Waals surface area contributed by atoms with Crippen LogP contribution in [0.3, 0.4) is 0 Å². The lowest BCUT2D eigenvalue weighted by atomic mass is 9.96. The zero-order chi connectivity index (χ0) is 32.8. The molecule has 3 atom stereocenters. The second kappa shape index (κ2) is 12.6. The molecule has 0 aromatic heterocycles. The van der Waals surface area contributed by atoms with E-state index < -0.39 is 87.3 Å². The number of carbonyl (C=O) groups is 3. The molecule has 1 saturated heterocycles. The molecule has 14 heteroatoms. The standard InChI is InChI=1S/C31H22Cl3F6NO4/c32-20-6-5-16(41-29(44)27-26(30(27,33)34)14-3-8-22(36)19(10-14)31(38,39)40)12-17(20)23(42)11-15-4-7-21(35)18(28(15)37)13-24(43)25-2-1-9-45-25/h3-8,10,12,25-27H,1-2,9,11,13H2,(H,41,44)/t25-,26+,27-/m1/s1.